The molecule has 3 rings (SSSR count). The van der Waals surface area contributed by atoms with Crippen LogP contribution >= 0.6 is 11.6 Å². The number of carbonyl (C=O) groups excluding carboxylic acids is 1. The summed E-state index contributed by atoms with van der Waals surface area (Å²) in [6.45, 7) is 1.49. The summed E-state index contributed by atoms with van der Waals surface area (Å²) in [6, 6.07) is 5.87. The molecule has 3 aromatic rings. The largest absolute Gasteiger partial charge is 0.478 e. The lowest BCUT2D eigenvalue weighted by atomic mass is 10.2. The second-order valence-corrected chi connectivity index (χ2v) is 6.05. The summed E-state index contributed by atoms with van der Waals surface area (Å²) in [6.07, 6.45) is -3.79. The molecule has 0 saturated heterocycles. The minimum absolute atomic E-state index is 0.0127. The number of aryl methyl sites for hydroxylation is 1. The number of pyridine rings is 1. The van der Waals surface area contributed by atoms with Crippen LogP contribution < -0.4 is 5.32 Å². The van der Waals surface area contributed by atoms with Crippen LogP contribution in [-0.4, -0.2) is 26.4 Å². The summed E-state index contributed by atoms with van der Waals surface area (Å²) >= 11 is 5.78. The van der Waals surface area contributed by atoms with E-state index >= 15 is 0 Å². The van der Waals surface area contributed by atoms with E-state index in [9.17, 15) is 22.8 Å². The summed E-state index contributed by atoms with van der Waals surface area (Å²) in [5, 5.41) is 11.5. The zero-order valence-corrected chi connectivity index (χ0v) is 14.4. The number of halogens is 4. The fourth-order valence-electron chi connectivity index (χ4n) is 2.56. The molecule has 0 atom stereocenters. The molecule has 0 fully saturated rings. The quantitative estimate of drug-likeness (QED) is 0.691. The first-order chi connectivity index (χ1) is 12.6. The number of alkyl halides is 3. The predicted molar refractivity (Wildman–Crippen MR) is 91.3 cm³/mol. The monoisotopic (exact) mass is 397 g/mol. The van der Waals surface area contributed by atoms with Crippen LogP contribution in [0.25, 0.3) is 5.65 Å². The fourth-order valence-corrected chi connectivity index (χ4v) is 2.76. The number of carbonyl (C=O) groups is 2. The molecule has 0 spiro atoms. The molecule has 2 heterocycles. The highest BCUT2D eigenvalue weighted by Crippen LogP contribution is 2.30. The predicted octanol–water partition coefficient (Wildman–Crippen LogP) is 4.27. The van der Waals surface area contributed by atoms with Gasteiger partial charge in [0.15, 0.2) is 0 Å². The van der Waals surface area contributed by atoms with Gasteiger partial charge in [-0.2, -0.15) is 13.2 Å². The molecule has 0 unspecified atom stereocenters. The number of fused-ring (bicyclic) bond motifs is 1. The highest BCUT2D eigenvalue weighted by atomic mass is 35.5. The third-order valence-electron chi connectivity index (χ3n) is 3.79. The van der Waals surface area contributed by atoms with Gasteiger partial charge >= 0.3 is 12.1 Å². The summed E-state index contributed by atoms with van der Waals surface area (Å²) < 4.78 is 39.9. The Morgan fingerprint density at radius 1 is 1.22 bits per heavy atom. The Morgan fingerprint density at radius 2 is 1.93 bits per heavy atom. The molecule has 2 aromatic heterocycles. The van der Waals surface area contributed by atoms with Gasteiger partial charge in [0.25, 0.3) is 5.91 Å². The van der Waals surface area contributed by atoms with Crippen molar-refractivity contribution in [2.75, 3.05) is 5.32 Å². The minimum Gasteiger partial charge on any atom is -0.478 e. The third-order valence-corrected chi connectivity index (χ3v) is 4.12. The Hall–Kier alpha value is -3.07. The van der Waals surface area contributed by atoms with Crippen molar-refractivity contribution in [1.82, 2.24) is 9.38 Å². The van der Waals surface area contributed by atoms with Gasteiger partial charge in [-0.1, -0.05) is 11.6 Å². The van der Waals surface area contributed by atoms with Crippen LogP contribution in [0, 0.1) is 6.92 Å². The zero-order valence-electron chi connectivity index (χ0n) is 13.6. The topological polar surface area (TPSA) is 83.7 Å². The molecule has 0 aliphatic heterocycles. The SMILES string of the molecule is Cc1nc2ccc(C(F)(F)F)cn2c1C(=O)Nc1ccc(Cl)c(C(=O)O)c1. The normalized spacial score (nSPS) is 11.6. The van der Waals surface area contributed by atoms with Crippen LogP contribution in [0.5, 0.6) is 0 Å². The fraction of sp³-hybridized carbons (Fsp3) is 0.118. The van der Waals surface area contributed by atoms with Gasteiger partial charge in [0.05, 0.1) is 21.8 Å². The molecular formula is C17H11ClF3N3O3. The summed E-state index contributed by atoms with van der Waals surface area (Å²) in [5.41, 5.74) is -0.719. The summed E-state index contributed by atoms with van der Waals surface area (Å²) in [4.78, 5) is 27.8. The van der Waals surface area contributed by atoms with Crippen molar-refractivity contribution in [3.05, 3.63) is 64.1 Å². The Balaban J connectivity index is 2.02. The number of hydrogen-bond donors (Lipinski definition) is 2. The zero-order chi connectivity index (χ0) is 19.9. The average Bonchev–Trinajstić information content (AvgIpc) is 2.90. The molecule has 27 heavy (non-hydrogen) atoms. The number of carboxylic acid groups (broad SMARTS) is 1. The Labute approximate surface area is 155 Å². The Bertz CT molecular complexity index is 1080. The lowest BCUT2D eigenvalue weighted by Gasteiger charge is -2.10. The number of nitrogens with zero attached hydrogens (tertiary/aromatic N) is 2. The molecule has 0 bridgehead atoms. The lowest BCUT2D eigenvalue weighted by Crippen LogP contribution is -2.17. The first kappa shape index (κ1) is 18.7. The Morgan fingerprint density at radius 3 is 2.56 bits per heavy atom. The van der Waals surface area contributed by atoms with Gasteiger partial charge in [0.2, 0.25) is 0 Å². The molecule has 1 aromatic carbocycles. The number of benzene rings is 1. The molecule has 2 N–H and O–H groups in total. The summed E-state index contributed by atoms with van der Waals surface area (Å²) in [7, 11) is 0. The molecule has 10 heteroatoms. The highest BCUT2D eigenvalue weighted by molar-refractivity contribution is 6.33. The van der Waals surface area contributed by atoms with E-state index < -0.39 is 23.6 Å². The van der Waals surface area contributed by atoms with E-state index in [2.05, 4.69) is 10.3 Å². The smallest absolute Gasteiger partial charge is 0.417 e. The maximum atomic E-state index is 13.0. The third kappa shape index (κ3) is 3.59. The van der Waals surface area contributed by atoms with Gasteiger partial charge in [-0.3, -0.25) is 9.20 Å². The minimum atomic E-state index is -4.58. The van der Waals surface area contributed by atoms with Crippen LogP contribution in [0.4, 0.5) is 18.9 Å². The maximum absolute atomic E-state index is 13.0. The van der Waals surface area contributed by atoms with Crippen LogP contribution in [0.15, 0.2) is 36.5 Å². The van der Waals surface area contributed by atoms with Crippen molar-refractivity contribution in [3.63, 3.8) is 0 Å². The van der Waals surface area contributed by atoms with E-state index in [1.54, 1.807) is 0 Å². The van der Waals surface area contributed by atoms with Gasteiger partial charge in [-0.25, -0.2) is 9.78 Å². The highest BCUT2D eigenvalue weighted by Gasteiger charge is 2.31. The second kappa shape index (κ2) is 6.58. The van der Waals surface area contributed by atoms with E-state index in [4.69, 9.17) is 16.7 Å². The second-order valence-electron chi connectivity index (χ2n) is 5.64. The van der Waals surface area contributed by atoms with Crippen molar-refractivity contribution in [1.29, 1.82) is 0 Å². The molecule has 0 radical (unpaired) electrons. The van der Waals surface area contributed by atoms with Crippen LogP contribution in [0.2, 0.25) is 5.02 Å². The number of carboxylic acids is 1. The first-order valence-electron chi connectivity index (χ1n) is 7.48. The van der Waals surface area contributed by atoms with Crippen molar-refractivity contribution < 1.29 is 27.9 Å². The number of nitrogens with one attached hydrogen (secondary N) is 1. The first-order valence-corrected chi connectivity index (χ1v) is 7.86. The Kier molecular flexibility index (Phi) is 4.56. The van der Waals surface area contributed by atoms with Gasteiger partial charge in [-0.15, -0.1) is 0 Å². The standard InChI is InChI=1S/C17H11ClF3N3O3/c1-8-14(24-7-9(17(19,20)21)2-5-13(24)22-8)15(25)23-10-3-4-12(18)11(6-10)16(26)27/h2-7H,1H3,(H,23,25)(H,26,27). The molecule has 0 saturated carbocycles. The lowest BCUT2D eigenvalue weighted by molar-refractivity contribution is -0.137. The average molecular weight is 398 g/mol. The van der Waals surface area contributed by atoms with Gasteiger partial charge in [0.1, 0.15) is 11.3 Å². The molecule has 140 valence electrons. The van der Waals surface area contributed by atoms with E-state index in [0.717, 1.165) is 28.8 Å². The summed E-state index contributed by atoms with van der Waals surface area (Å²) in [5.74, 6) is -2.02. The molecule has 6 nitrogen and oxygen atoms in total. The number of imidazole rings is 1. The maximum Gasteiger partial charge on any atom is 0.417 e. The van der Waals surface area contributed by atoms with E-state index in [0.29, 0.717) is 0 Å². The van der Waals surface area contributed by atoms with Crippen LogP contribution in [-0.2, 0) is 6.18 Å². The van der Waals surface area contributed by atoms with Crippen molar-refractivity contribution >= 4 is 34.8 Å². The van der Waals surface area contributed by atoms with E-state index in [-0.39, 0.29) is 33.3 Å². The number of aromatic carboxylic acids is 1. The van der Waals surface area contributed by atoms with Gasteiger partial charge < -0.3 is 10.4 Å². The van der Waals surface area contributed by atoms with E-state index in [1.165, 1.54) is 19.1 Å². The van der Waals surface area contributed by atoms with Gasteiger partial charge in [-0.05, 0) is 37.3 Å². The van der Waals surface area contributed by atoms with Crippen LogP contribution in [0.1, 0.15) is 32.1 Å². The molecule has 0 aliphatic rings. The van der Waals surface area contributed by atoms with Gasteiger partial charge in [0, 0.05) is 11.9 Å². The van der Waals surface area contributed by atoms with Crippen LogP contribution in [0.3, 0.4) is 0 Å². The molecule has 1 amide bonds. The van der Waals surface area contributed by atoms with E-state index in [1.807, 2.05) is 0 Å². The molecular weight excluding hydrogens is 387 g/mol. The number of hydrogen-bond acceptors (Lipinski definition) is 3. The number of aromatic nitrogens is 2. The van der Waals surface area contributed by atoms with Crippen molar-refractivity contribution in [2.45, 2.75) is 13.1 Å². The van der Waals surface area contributed by atoms with Crippen molar-refractivity contribution in [2.24, 2.45) is 0 Å². The number of anilines is 1. The number of rotatable bonds is 3. The van der Waals surface area contributed by atoms with Crippen molar-refractivity contribution in [3.8, 4) is 0 Å². The molecule has 0 aliphatic carbocycles. The number of amides is 1.